The highest BCUT2D eigenvalue weighted by atomic mass is 79.9. The molecule has 65 heavy (non-hydrogen) atoms. The largest absolute Gasteiger partial charge is 0.416 e. The standard InChI is InChI=1S/5C7H3BrF3S.5FH/c5*8-5-1-4(7(9,10)11)2-6(12)3-5;;;;;/h5*1-3H;5*1H. The average Bonchev–Trinajstić information content (AvgIpc) is 3.02. The monoisotopic (exact) mass is 1370 g/mol. The fourth-order valence-corrected chi connectivity index (χ4v) is 8.13. The molecule has 0 aliphatic carbocycles. The quantitative estimate of drug-likeness (QED) is 0.136. The van der Waals surface area contributed by atoms with E-state index in [2.05, 4.69) is 143 Å². The normalized spacial score (nSPS) is 10.8. The Labute approximate surface area is 425 Å². The maximum absolute atomic E-state index is 12.1. The van der Waals surface area contributed by atoms with Gasteiger partial charge in [-0.2, -0.15) is 65.9 Å². The summed E-state index contributed by atoms with van der Waals surface area (Å²) in [6, 6.07) is 16.9. The van der Waals surface area contributed by atoms with E-state index in [4.69, 9.17) is 0 Å². The molecule has 0 unspecified atom stereocenters. The Morgan fingerprint density at radius 1 is 0.231 bits per heavy atom. The maximum Gasteiger partial charge on any atom is 0.416 e. The fourth-order valence-electron chi connectivity index (χ4n) is 3.63. The molecule has 0 N–H and O–H groups in total. The Kier molecular flexibility index (Phi) is 33.3. The van der Waals surface area contributed by atoms with Crippen LogP contribution in [0.4, 0.5) is 89.4 Å². The maximum atomic E-state index is 12.1. The van der Waals surface area contributed by atoms with Crippen LogP contribution in [0.25, 0.3) is 0 Å². The lowest BCUT2D eigenvalue weighted by atomic mass is 10.2. The molecular formula is C35H20Br5F20S5. The van der Waals surface area contributed by atoms with Crippen LogP contribution in [0.2, 0.25) is 0 Å². The zero-order valence-corrected chi connectivity index (χ0v) is 42.3. The minimum Gasteiger partial charge on any atom is -0.269 e. The summed E-state index contributed by atoms with van der Waals surface area (Å²) >= 11 is 37.8. The molecule has 0 bridgehead atoms. The first-order valence-electron chi connectivity index (χ1n) is 14.7. The molecule has 5 aromatic rings. The molecule has 0 saturated carbocycles. The van der Waals surface area contributed by atoms with Gasteiger partial charge in [-0.05, 0) is 91.0 Å². The summed E-state index contributed by atoms with van der Waals surface area (Å²) in [5, 5.41) is 0. The van der Waals surface area contributed by atoms with Crippen molar-refractivity contribution in [2.24, 2.45) is 0 Å². The van der Waals surface area contributed by atoms with E-state index >= 15 is 0 Å². The number of benzene rings is 5. The van der Waals surface area contributed by atoms with Gasteiger partial charge < -0.3 is 0 Å². The molecule has 0 amide bonds. The second kappa shape index (κ2) is 29.9. The Bertz CT molecular complexity index is 1740. The van der Waals surface area contributed by atoms with Crippen molar-refractivity contribution in [1.29, 1.82) is 0 Å². The number of hydrogen-bond acceptors (Lipinski definition) is 0. The highest BCUT2D eigenvalue weighted by Gasteiger charge is 2.34. The van der Waals surface area contributed by atoms with E-state index < -0.39 is 58.7 Å². The molecule has 5 rings (SSSR count). The minimum atomic E-state index is -4.32. The minimum absolute atomic E-state index is 0. The van der Waals surface area contributed by atoms with E-state index in [1.807, 2.05) is 0 Å². The summed E-state index contributed by atoms with van der Waals surface area (Å²) in [6.07, 6.45) is -21.6. The lowest BCUT2D eigenvalue weighted by Gasteiger charge is -2.06. The highest BCUT2D eigenvalue weighted by molar-refractivity contribution is 9.11. The van der Waals surface area contributed by atoms with Crippen molar-refractivity contribution in [1.82, 2.24) is 0 Å². The van der Waals surface area contributed by atoms with Gasteiger partial charge in [0.1, 0.15) is 0 Å². The van der Waals surface area contributed by atoms with Crippen LogP contribution in [0.15, 0.2) is 138 Å². The molecule has 0 atom stereocenters. The molecule has 365 valence electrons. The van der Waals surface area contributed by atoms with E-state index in [-0.39, 0.29) is 48.0 Å². The second-order valence-electron chi connectivity index (χ2n) is 10.9. The summed E-state index contributed by atoms with van der Waals surface area (Å²) in [7, 11) is 0. The SMILES string of the molecule is F.F.F.F.F.FC(F)(F)c1cc([S])cc(Br)c1.FC(F)(F)c1cc([S])cc(Br)c1.FC(F)(F)c1cc([S])cc(Br)c1.FC(F)(F)c1cc([S])cc(Br)c1.FC(F)(F)c1cc([S])cc(Br)c1. The zero-order valence-electron chi connectivity index (χ0n) is 30.3. The molecule has 0 fully saturated rings. The molecule has 0 aromatic heterocycles. The summed E-state index contributed by atoms with van der Waals surface area (Å²) < 4.78 is 183. The predicted molar refractivity (Wildman–Crippen MR) is 238 cm³/mol. The van der Waals surface area contributed by atoms with Crippen LogP contribution in [0, 0.1) is 0 Å². The van der Waals surface area contributed by atoms with Crippen molar-refractivity contribution in [3.05, 3.63) is 141 Å². The van der Waals surface area contributed by atoms with Crippen LogP contribution in [-0.4, -0.2) is 0 Å². The average molecular weight is 1380 g/mol. The van der Waals surface area contributed by atoms with Gasteiger partial charge in [-0.1, -0.05) is 143 Å². The van der Waals surface area contributed by atoms with Crippen molar-refractivity contribution in [3.8, 4) is 0 Å². The second-order valence-corrected chi connectivity index (χ2v) is 17.8. The smallest absolute Gasteiger partial charge is 0.269 e. The van der Waals surface area contributed by atoms with Crippen LogP contribution < -0.4 is 0 Å². The molecule has 0 saturated heterocycles. The Balaban J connectivity index is -0.000000226. The lowest BCUT2D eigenvalue weighted by molar-refractivity contribution is -0.138. The lowest BCUT2D eigenvalue weighted by Crippen LogP contribution is -2.04. The van der Waals surface area contributed by atoms with E-state index in [0.29, 0.717) is 22.4 Å². The predicted octanol–water partition coefficient (Wildman–Crippen LogP) is 20.9. The summed E-state index contributed by atoms with van der Waals surface area (Å²) in [5.74, 6) is 0. The van der Waals surface area contributed by atoms with E-state index in [9.17, 15) is 65.9 Å². The molecule has 0 aliphatic rings. The molecule has 0 aliphatic heterocycles. The number of alkyl halides is 15. The molecule has 0 heterocycles. The molecule has 0 nitrogen and oxygen atoms in total. The fraction of sp³-hybridized carbons (Fsp3) is 0.143. The van der Waals surface area contributed by atoms with Crippen LogP contribution >= 0.6 is 143 Å². The van der Waals surface area contributed by atoms with Gasteiger partial charge in [0.15, 0.2) is 0 Å². The van der Waals surface area contributed by atoms with Gasteiger partial charge in [0.05, 0.1) is 27.8 Å². The van der Waals surface area contributed by atoms with E-state index in [1.165, 1.54) is 30.3 Å². The zero-order chi connectivity index (χ0) is 46.8. The summed E-state index contributed by atoms with van der Waals surface area (Å²) in [5.41, 5.74) is -3.60. The van der Waals surface area contributed by atoms with Crippen LogP contribution in [0.5, 0.6) is 0 Å². The topological polar surface area (TPSA) is 0 Å². The van der Waals surface area contributed by atoms with Gasteiger partial charge in [-0.15, -0.1) is 0 Å². The van der Waals surface area contributed by atoms with Gasteiger partial charge >= 0.3 is 30.9 Å². The third-order valence-corrected chi connectivity index (χ3v) is 9.46. The van der Waals surface area contributed by atoms with Crippen LogP contribution in [0.3, 0.4) is 0 Å². The summed E-state index contributed by atoms with van der Waals surface area (Å²) in [4.78, 5) is 0.888. The number of halogens is 25. The number of hydrogen-bond donors (Lipinski definition) is 0. The van der Waals surface area contributed by atoms with Crippen molar-refractivity contribution in [2.75, 3.05) is 0 Å². The van der Waals surface area contributed by atoms with Gasteiger partial charge in [0.2, 0.25) is 0 Å². The van der Waals surface area contributed by atoms with Gasteiger partial charge in [-0.3, -0.25) is 23.5 Å². The van der Waals surface area contributed by atoms with Crippen LogP contribution in [0.1, 0.15) is 27.8 Å². The Morgan fingerprint density at radius 2 is 0.338 bits per heavy atom. The molecular weight excluding hydrogens is 1360 g/mol. The van der Waals surface area contributed by atoms with Crippen molar-refractivity contribution < 1.29 is 89.4 Å². The van der Waals surface area contributed by atoms with E-state index in [1.54, 1.807) is 0 Å². The molecule has 5 radical (unpaired) electrons. The third kappa shape index (κ3) is 29.0. The number of rotatable bonds is 0. The highest BCUT2D eigenvalue weighted by Crippen LogP contribution is 2.36. The van der Waals surface area contributed by atoms with Crippen molar-refractivity contribution >= 4 is 143 Å². The van der Waals surface area contributed by atoms with Gasteiger partial charge in [0.25, 0.3) is 0 Å². The van der Waals surface area contributed by atoms with E-state index in [0.717, 1.165) is 60.7 Å². The van der Waals surface area contributed by atoms with Gasteiger partial charge in [-0.25, -0.2) is 0 Å². The Hall–Kier alpha value is -1.80. The first kappa shape index (κ1) is 72.2. The molecule has 30 heteroatoms. The molecule has 5 aromatic carbocycles. The third-order valence-electron chi connectivity index (χ3n) is 5.99. The summed E-state index contributed by atoms with van der Waals surface area (Å²) in [6.45, 7) is 0. The van der Waals surface area contributed by atoms with Crippen LogP contribution in [-0.2, 0) is 30.9 Å². The van der Waals surface area contributed by atoms with Crippen molar-refractivity contribution in [2.45, 2.75) is 55.4 Å². The first-order chi connectivity index (χ1) is 27.0. The Morgan fingerprint density at radius 3 is 0.415 bits per heavy atom. The van der Waals surface area contributed by atoms with Gasteiger partial charge in [0, 0.05) is 46.8 Å². The first-order valence-corrected chi connectivity index (χ1v) is 20.7. The molecule has 0 spiro atoms. The van der Waals surface area contributed by atoms with Crippen molar-refractivity contribution in [3.63, 3.8) is 0 Å².